The Morgan fingerprint density at radius 1 is 1.26 bits per heavy atom. The van der Waals surface area contributed by atoms with Crippen LogP contribution in [0.25, 0.3) is 10.9 Å². The summed E-state index contributed by atoms with van der Waals surface area (Å²) in [6, 6.07) is 1.32. The molecule has 1 amide bonds. The van der Waals surface area contributed by atoms with E-state index in [0.29, 0.717) is 35.4 Å². The standard InChI is InChI=1S/C21H28FN5O4/c1-11-16-14(26(13-5-6-13)20(30)27(23)18(16)28)9-15(17(11)22)25-8-7-12(10-25)24-19(29)31-21(2,3)4/h9,12-13H,5-8,10,23H2,1-4H3,(H,24,29). The Balaban J connectivity index is 1.69. The van der Waals surface area contributed by atoms with Crippen molar-refractivity contribution in [2.45, 2.75) is 64.6 Å². The number of hydrogen-bond acceptors (Lipinski definition) is 6. The van der Waals surface area contributed by atoms with Crippen LogP contribution in [0, 0.1) is 12.7 Å². The number of anilines is 1. The number of alkyl carbamates (subject to hydrolysis) is 1. The topological polar surface area (TPSA) is 112 Å². The zero-order valence-corrected chi connectivity index (χ0v) is 18.2. The molecule has 0 bridgehead atoms. The number of nitrogens with zero attached hydrogens (tertiary/aromatic N) is 3. The first-order valence-corrected chi connectivity index (χ1v) is 10.5. The predicted octanol–water partition coefficient (Wildman–Crippen LogP) is 1.76. The fraction of sp³-hybridized carbons (Fsp3) is 0.571. The molecular weight excluding hydrogens is 405 g/mol. The first-order valence-electron chi connectivity index (χ1n) is 10.5. The molecule has 0 radical (unpaired) electrons. The van der Waals surface area contributed by atoms with E-state index < -0.39 is 28.8 Å². The Kier molecular flexibility index (Phi) is 4.98. The van der Waals surface area contributed by atoms with Gasteiger partial charge in [0.2, 0.25) is 0 Å². The highest BCUT2D eigenvalue weighted by atomic mass is 19.1. The molecule has 2 heterocycles. The first-order chi connectivity index (χ1) is 14.5. The second-order valence-electron chi connectivity index (χ2n) is 9.37. The number of rotatable bonds is 3. The molecule has 1 atom stereocenters. The van der Waals surface area contributed by atoms with Crippen LogP contribution in [0.2, 0.25) is 0 Å². The van der Waals surface area contributed by atoms with Crippen molar-refractivity contribution in [3.8, 4) is 0 Å². The number of carbonyl (C=O) groups excluding carboxylic acids is 1. The molecule has 1 saturated carbocycles. The van der Waals surface area contributed by atoms with Crippen LogP contribution < -0.4 is 27.3 Å². The summed E-state index contributed by atoms with van der Waals surface area (Å²) in [6.07, 6.45) is 1.73. The smallest absolute Gasteiger partial charge is 0.407 e. The minimum atomic E-state index is -0.703. The van der Waals surface area contributed by atoms with E-state index in [2.05, 4.69) is 5.32 Å². The highest BCUT2D eigenvalue weighted by Gasteiger charge is 2.32. The Labute approximate surface area is 178 Å². The third kappa shape index (κ3) is 3.86. The lowest BCUT2D eigenvalue weighted by atomic mass is 10.1. The molecule has 1 saturated heterocycles. The molecule has 10 heteroatoms. The normalized spacial score (nSPS) is 19.1. The summed E-state index contributed by atoms with van der Waals surface area (Å²) in [5.74, 6) is 5.16. The SMILES string of the molecule is Cc1c(F)c(N2CCC(NC(=O)OC(C)(C)C)C2)cc2c1c(=O)n(N)c(=O)n2C1CC1. The Morgan fingerprint density at radius 3 is 2.55 bits per heavy atom. The summed E-state index contributed by atoms with van der Waals surface area (Å²) < 4.78 is 22.7. The van der Waals surface area contributed by atoms with Crippen LogP contribution in [0.1, 0.15) is 51.6 Å². The molecule has 31 heavy (non-hydrogen) atoms. The molecule has 1 aliphatic heterocycles. The molecule has 1 aliphatic carbocycles. The van der Waals surface area contributed by atoms with Crippen molar-refractivity contribution in [2.24, 2.45) is 0 Å². The van der Waals surface area contributed by atoms with Crippen molar-refractivity contribution in [1.82, 2.24) is 14.6 Å². The molecule has 2 aromatic rings. The summed E-state index contributed by atoms with van der Waals surface area (Å²) in [6.45, 7) is 7.80. The summed E-state index contributed by atoms with van der Waals surface area (Å²) in [7, 11) is 0. The number of aryl methyl sites for hydroxylation is 1. The van der Waals surface area contributed by atoms with Crippen molar-refractivity contribution in [2.75, 3.05) is 23.8 Å². The van der Waals surface area contributed by atoms with Gasteiger partial charge in [-0.05, 0) is 53.0 Å². The van der Waals surface area contributed by atoms with E-state index in [9.17, 15) is 14.4 Å². The third-order valence-corrected chi connectivity index (χ3v) is 5.72. The predicted molar refractivity (Wildman–Crippen MR) is 116 cm³/mol. The average molecular weight is 433 g/mol. The number of nitrogens with one attached hydrogen (secondary N) is 1. The quantitative estimate of drug-likeness (QED) is 0.714. The van der Waals surface area contributed by atoms with Gasteiger partial charge < -0.3 is 20.8 Å². The number of fused-ring (bicyclic) bond motifs is 1. The largest absolute Gasteiger partial charge is 0.444 e. The molecule has 9 nitrogen and oxygen atoms in total. The fourth-order valence-electron chi connectivity index (χ4n) is 4.13. The van der Waals surface area contributed by atoms with E-state index >= 15 is 4.39 Å². The molecule has 0 spiro atoms. The van der Waals surface area contributed by atoms with Gasteiger partial charge in [0.15, 0.2) is 0 Å². The molecule has 1 unspecified atom stereocenters. The molecule has 4 rings (SSSR count). The Bertz CT molecular complexity index is 1180. The van der Waals surface area contributed by atoms with Gasteiger partial charge in [-0.15, -0.1) is 0 Å². The second kappa shape index (κ2) is 7.28. The van der Waals surface area contributed by atoms with Gasteiger partial charge in [-0.1, -0.05) is 0 Å². The molecular formula is C21H28FN5O4. The monoisotopic (exact) mass is 433 g/mol. The van der Waals surface area contributed by atoms with Crippen molar-refractivity contribution >= 4 is 22.7 Å². The lowest BCUT2D eigenvalue weighted by Gasteiger charge is -2.24. The van der Waals surface area contributed by atoms with E-state index in [1.54, 1.807) is 26.8 Å². The Morgan fingerprint density at radius 2 is 1.94 bits per heavy atom. The molecule has 2 aliphatic rings. The Hall–Kier alpha value is -3.04. The number of nitrogens with two attached hydrogens (primary N) is 1. The van der Waals surface area contributed by atoms with Gasteiger partial charge in [0.05, 0.1) is 22.6 Å². The third-order valence-electron chi connectivity index (χ3n) is 5.72. The lowest BCUT2D eigenvalue weighted by molar-refractivity contribution is 0.0509. The van der Waals surface area contributed by atoms with Crippen LogP contribution in [0.5, 0.6) is 0 Å². The van der Waals surface area contributed by atoms with Crippen LogP contribution in [0.3, 0.4) is 0 Å². The number of hydrogen-bond donors (Lipinski definition) is 2. The maximum absolute atomic E-state index is 15.3. The van der Waals surface area contributed by atoms with Gasteiger partial charge in [0.25, 0.3) is 5.56 Å². The number of halogens is 1. The molecule has 2 fully saturated rings. The average Bonchev–Trinajstić information content (AvgIpc) is 3.39. The first kappa shape index (κ1) is 21.2. The highest BCUT2D eigenvalue weighted by Crippen LogP contribution is 2.37. The number of carbonyl (C=O) groups is 1. The van der Waals surface area contributed by atoms with Crippen molar-refractivity contribution < 1.29 is 13.9 Å². The fourth-order valence-corrected chi connectivity index (χ4v) is 4.13. The van der Waals surface area contributed by atoms with Crippen LogP contribution in [-0.4, -0.2) is 40.1 Å². The van der Waals surface area contributed by atoms with Crippen LogP contribution in [0.4, 0.5) is 14.9 Å². The van der Waals surface area contributed by atoms with Crippen LogP contribution in [0.15, 0.2) is 15.7 Å². The number of ether oxygens (including phenoxy) is 1. The van der Waals surface area contributed by atoms with Crippen LogP contribution >= 0.6 is 0 Å². The van der Waals surface area contributed by atoms with Crippen molar-refractivity contribution in [3.05, 3.63) is 38.3 Å². The van der Waals surface area contributed by atoms with E-state index in [4.69, 9.17) is 10.6 Å². The summed E-state index contributed by atoms with van der Waals surface area (Å²) in [4.78, 5) is 39.1. The molecule has 1 aromatic carbocycles. The van der Waals surface area contributed by atoms with Gasteiger partial charge >= 0.3 is 11.8 Å². The maximum atomic E-state index is 15.3. The molecule has 1 aromatic heterocycles. The van der Waals surface area contributed by atoms with Crippen molar-refractivity contribution in [1.29, 1.82) is 0 Å². The lowest BCUT2D eigenvalue weighted by Crippen LogP contribution is -2.45. The summed E-state index contributed by atoms with van der Waals surface area (Å²) in [5, 5.41) is 2.94. The minimum Gasteiger partial charge on any atom is -0.444 e. The van der Waals surface area contributed by atoms with Gasteiger partial charge in [-0.3, -0.25) is 9.36 Å². The summed E-state index contributed by atoms with van der Waals surface area (Å²) >= 11 is 0. The zero-order chi connectivity index (χ0) is 22.7. The maximum Gasteiger partial charge on any atom is 0.407 e. The van der Waals surface area contributed by atoms with Crippen LogP contribution in [-0.2, 0) is 4.74 Å². The van der Waals surface area contributed by atoms with E-state index in [1.807, 2.05) is 4.90 Å². The zero-order valence-electron chi connectivity index (χ0n) is 18.2. The second-order valence-corrected chi connectivity index (χ2v) is 9.37. The highest BCUT2D eigenvalue weighted by molar-refractivity contribution is 5.86. The molecule has 168 valence electrons. The van der Waals surface area contributed by atoms with Gasteiger partial charge in [-0.2, -0.15) is 4.68 Å². The summed E-state index contributed by atoms with van der Waals surface area (Å²) in [5.41, 5.74) is -1.03. The number of aromatic nitrogens is 2. The van der Waals surface area contributed by atoms with E-state index in [0.717, 1.165) is 12.8 Å². The van der Waals surface area contributed by atoms with Crippen molar-refractivity contribution in [3.63, 3.8) is 0 Å². The van der Waals surface area contributed by atoms with Gasteiger partial charge in [-0.25, -0.2) is 14.0 Å². The number of amides is 1. The minimum absolute atomic E-state index is 0.0386. The molecule has 3 N–H and O–H groups in total. The number of nitrogen functional groups attached to an aromatic ring is 1. The van der Waals surface area contributed by atoms with Gasteiger partial charge in [0, 0.05) is 24.7 Å². The van der Waals surface area contributed by atoms with E-state index in [-0.39, 0.29) is 23.0 Å². The van der Waals surface area contributed by atoms with E-state index in [1.165, 1.54) is 11.5 Å². The van der Waals surface area contributed by atoms with Gasteiger partial charge in [0.1, 0.15) is 11.4 Å². The number of benzene rings is 1.